The lowest BCUT2D eigenvalue weighted by molar-refractivity contribution is 0.311. The number of nitrogens with one attached hydrogen (secondary N) is 2. The summed E-state index contributed by atoms with van der Waals surface area (Å²) in [7, 11) is 1.65. The van der Waals surface area contributed by atoms with Crippen molar-refractivity contribution in [1.82, 2.24) is 15.2 Å². The highest BCUT2D eigenvalue weighted by molar-refractivity contribution is 5.79. The Hall–Kier alpha value is -2.63. The molecule has 0 radical (unpaired) electrons. The quantitative estimate of drug-likeness (QED) is 0.395. The van der Waals surface area contributed by atoms with E-state index in [9.17, 15) is 0 Å². The number of rotatable bonds is 10. The summed E-state index contributed by atoms with van der Waals surface area (Å²) < 4.78 is 13.0. The third-order valence-corrected chi connectivity index (χ3v) is 3.56. The molecule has 0 aliphatic heterocycles. The maximum Gasteiger partial charge on any atom is 0.191 e. The largest absolute Gasteiger partial charge is 0.497 e. The van der Waals surface area contributed by atoms with Crippen LogP contribution in [0.25, 0.3) is 0 Å². The molecule has 0 saturated heterocycles. The van der Waals surface area contributed by atoms with Crippen molar-refractivity contribution in [3.05, 3.63) is 48.8 Å². The fourth-order valence-corrected chi connectivity index (χ4v) is 2.30. The van der Waals surface area contributed by atoms with Crippen molar-refractivity contribution < 1.29 is 9.47 Å². The van der Waals surface area contributed by atoms with Crippen LogP contribution < -0.4 is 20.1 Å². The number of methoxy groups -OCH3 is 1. The van der Waals surface area contributed by atoms with Gasteiger partial charge in [0.15, 0.2) is 5.96 Å². The van der Waals surface area contributed by atoms with E-state index in [1.165, 1.54) is 0 Å². The number of nitrogens with zero attached hydrogens (tertiary/aromatic N) is 2. The summed E-state index contributed by atoms with van der Waals surface area (Å²) in [5.41, 5.74) is 0. The van der Waals surface area contributed by atoms with E-state index in [2.05, 4.69) is 39.5 Å². The molecule has 136 valence electrons. The van der Waals surface area contributed by atoms with E-state index in [4.69, 9.17) is 9.47 Å². The summed E-state index contributed by atoms with van der Waals surface area (Å²) in [6.07, 6.45) is 4.97. The lowest BCUT2D eigenvalue weighted by Gasteiger charge is -2.12. The highest BCUT2D eigenvalue weighted by Crippen LogP contribution is 2.18. The van der Waals surface area contributed by atoms with Gasteiger partial charge in [-0.1, -0.05) is 6.07 Å². The second-order valence-corrected chi connectivity index (χ2v) is 5.49. The molecule has 2 rings (SSSR count). The van der Waals surface area contributed by atoms with E-state index in [1.807, 2.05) is 36.4 Å². The van der Waals surface area contributed by atoms with Gasteiger partial charge in [0.2, 0.25) is 0 Å². The number of aromatic nitrogens is 1. The van der Waals surface area contributed by atoms with E-state index in [0.717, 1.165) is 43.5 Å². The molecule has 1 aromatic heterocycles. The van der Waals surface area contributed by atoms with Gasteiger partial charge in [-0.25, -0.2) is 0 Å². The predicted molar refractivity (Wildman–Crippen MR) is 102 cm³/mol. The number of aliphatic imine (C=N–C) groups is 1. The molecule has 1 heterocycles. The van der Waals surface area contributed by atoms with Gasteiger partial charge >= 0.3 is 0 Å². The van der Waals surface area contributed by atoms with Crippen molar-refractivity contribution in [2.45, 2.75) is 19.9 Å². The van der Waals surface area contributed by atoms with Crippen molar-refractivity contribution in [3.8, 4) is 11.5 Å². The minimum Gasteiger partial charge on any atom is -0.497 e. The molecule has 6 nitrogen and oxygen atoms in total. The molecule has 2 aromatic rings. The molecule has 0 aliphatic rings. The summed E-state index contributed by atoms with van der Waals surface area (Å²) in [5.74, 6) is 2.47. The molecular formula is C19H28N4O2. The average Bonchev–Trinajstić information content (AvgIpc) is 3.15. The molecule has 0 saturated carbocycles. The SMILES string of the molecule is CCNC(=NCCCOc1cccc(OC)c1)NCCn1cccc1. The Balaban J connectivity index is 1.67. The van der Waals surface area contributed by atoms with Gasteiger partial charge in [0.05, 0.1) is 13.7 Å². The van der Waals surface area contributed by atoms with Gasteiger partial charge in [0, 0.05) is 51.1 Å². The first kappa shape index (κ1) is 18.7. The van der Waals surface area contributed by atoms with Crippen LogP contribution in [0.2, 0.25) is 0 Å². The minimum atomic E-state index is 0.624. The van der Waals surface area contributed by atoms with Crippen LogP contribution >= 0.6 is 0 Å². The van der Waals surface area contributed by atoms with E-state index in [0.29, 0.717) is 13.2 Å². The third-order valence-electron chi connectivity index (χ3n) is 3.56. The zero-order valence-electron chi connectivity index (χ0n) is 15.1. The smallest absolute Gasteiger partial charge is 0.191 e. The summed E-state index contributed by atoms with van der Waals surface area (Å²) in [4.78, 5) is 4.58. The van der Waals surface area contributed by atoms with Gasteiger partial charge in [-0.05, 0) is 31.2 Å². The zero-order valence-corrected chi connectivity index (χ0v) is 15.1. The molecule has 1 aromatic carbocycles. The first-order valence-corrected chi connectivity index (χ1v) is 8.71. The van der Waals surface area contributed by atoms with Crippen LogP contribution in [0.5, 0.6) is 11.5 Å². The summed E-state index contributed by atoms with van der Waals surface area (Å²) in [5, 5.41) is 6.60. The monoisotopic (exact) mass is 344 g/mol. The number of ether oxygens (including phenoxy) is 2. The van der Waals surface area contributed by atoms with E-state index >= 15 is 0 Å². The van der Waals surface area contributed by atoms with Crippen LogP contribution in [0.15, 0.2) is 53.8 Å². The topological polar surface area (TPSA) is 59.8 Å². The molecule has 2 N–H and O–H groups in total. The van der Waals surface area contributed by atoms with Gasteiger partial charge in [0.1, 0.15) is 11.5 Å². The van der Waals surface area contributed by atoms with Gasteiger partial charge in [-0.2, -0.15) is 0 Å². The molecule has 6 heteroatoms. The maximum absolute atomic E-state index is 5.73. The van der Waals surface area contributed by atoms with Crippen LogP contribution in [0, 0.1) is 0 Å². The first-order chi connectivity index (χ1) is 12.3. The van der Waals surface area contributed by atoms with E-state index in [1.54, 1.807) is 7.11 Å². The van der Waals surface area contributed by atoms with Crippen LogP contribution in [0.1, 0.15) is 13.3 Å². The van der Waals surface area contributed by atoms with Crippen molar-refractivity contribution >= 4 is 5.96 Å². The van der Waals surface area contributed by atoms with Crippen LogP contribution in [-0.2, 0) is 6.54 Å². The van der Waals surface area contributed by atoms with E-state index in [-0.39, 0.29) is 0 Å². The molecule has 0 atom stereocenters. The zero-order chi connectivity index (χ0) is 17.7. The first-order valence-electron chi connectivity index (χ1n) is 8.71. The second-order valence-electron chi connectivity index (χ2n) is 5.49. The normalized spacial score (nSPS) is 11.2. The van der Waals surface area contributed by atoms with Crippen LogP contribution in [-0.4, -0.2) is 43.9 Å². The highest BCUT2D eigenvalue weighted by atomic mass is 16.5. The Morgan fingerprint density at radius 1 is 1.12 bits per heavy atom. The predicted octanol–water partition coefficient (Wildman–Crippen LogP) is 2.52. The van der Waals surface area contributed by atoms with Crippen molar-refractivity contribution in [3.63, 3.8) is 0 Å². The molecule has 0 fully saturated rings. The molecule has 0 bridgehead atoms. The third kappa shape index (κ3) is 7.20. The minimum absolute atomic E-state index is 0.624. The van der Waals surface area contributed by atoms with Gasteiger partial charge < -0.3 is 24.7 Å². The van der Waals surface area contributed by atoms with Crippen LogP contribution in [0.4, 0.5) is 0 Å². The van der Waals surface area contributed by atoms with Crippen molar-refractivity contribution in [2.24, 2.45) is 4.99 Å². The second kappa shape index (κ2) is 11.0. The Kier molecular flexibility index (Phi) is 8.24. The van der Waals surface area contributed by atoms with E-state index < -0.39 is 0 Å². The molecule has 0 spiro atoms. The average molecular weight is 344 g/mol. The standard InChI is InChI=1S/C19H28N4O2/c1-3-20-19(22-11-14-23-12-4-5-13-23)21-10-7-15-25-18-9-6-8-17(16-18)24-2/h4-6,8-9,12-13,16H,3,7,10-11,14-15H2,1-2H3,(H2,20,21,22). The Labute approximate surface area is 149 Å². The van der Waals surface area contributed by atoms with Gasteiger partial charge in [0.25, 0.3) is 0 Å². The fraction of sp³-hybridized carbons (Fsp3) is 0.421. The van der Waals surface area contributed by atoms with Crippen molar-refractivity contribution in [2.75, 3.05) is 33.4 Å². The lowest BCUT2D eigenvalue weighted by Crippen LogP contribution is -2.38. The molecular weight excluding hydrogens is 316 g/mol. The Morgan fingerprint density at radius 2 is 1.92 bits per heavy atom. The lowest BCUT2D eigenvalue weighted by atomic mass is 10.3. The summed E-state index contributed by atoms with van der Waals surface area (Å²) >= 11 is 0. The fourth-order valence-electron chi connectivity index (χ4n) is 2.30. The molecule has 25 heavy (non-hydrogen) atoms. The maximum atomic E-state index is 5.73. The summed E-state index contributed by atoms with van der Waals surface area (Å²) in [6.45, 7) is 5.99. The van der Waals surface area contributed by atoms with Crippen LogP contribution in [0.3, 0.4) is 0 Å². The van der Waals surface area contributed by atoms with Crippen molar-refractivity contribution in [1.29, 1.82) is 0 Å². The molecule has 0 amide bonds. The van der Waals surface area contributed by atoms with Gasteiger partial charge in [-0.3, -0.25) is 4.99 Å². The number of hydrogen-bond acceptors (Lipinski definition) is 3. The molecule has 0 aliphatic carbocycles. The number of guanidine groups is 1. The number of benzene rings is 1. The Bertz CT molecular complexity index is 626. The van der Waals surface area contributed by atoms with Gasteiger partial charge in [-0.15, -0.1) is 0 Å². The Morgan fingerprint density at radius 3 is 2.68 bits per heavy atom. The molecule has 0 unspecified atom stereocenters. The summed E-state index contributed by atoms with van der Waals surface area (Å²) in [6, 6.07) is 11.7. The number of hydrogen-bond donors (Lipinski definition) is 2. The highest BCUT2D eigenvalue weighted by Gasteiger charge is 1.98.